The minimum atomic E-state index is -0.731. The number of halogens is 1. The lowest BCUT2D eigenvalue weighted by molar-refractivity contribution is -0.141. The fraction of sp³-hybridized carbons (Fsp3) is 0.158. The first-order chi connectivity index (χ1) is 12.0. The van der Waals surface area contributed by atoms with Crippen molar-refractivity contribution in [2.75, 3.05) is 7.11 Å². The Hall–Kier alpha value is -3.15. The summed E-state index contributed by atoms with van der Waals surface area (Å²) in [7, 11) is 1.44. The molecule has 130 valence electrons. The van der Waals surface area contributed by atoms with Crippen LogP contribution in [0.15, 0.2) is 54.2 Å². The van der Waals surface area contributed by atoms with Gasteiger partial charge in [-0.1, -0.05) is 30.3 Å². The Balaban J connectivity index is 2.16. The van der Waals surface area contributed by atoms with Crippen LogP contribution in [0.4, 0.5) is 4.39 Å². The molecule has 1 amide bonds. The zero-order valence-corrected chi connectivity index (χ0v) is 13.9. The van der Waals surface area contributed by atoms with E-state index in [2.05, 4.69) is 5.32 Å². The van der Waals surface area contributed by atoms with Crippen molar-refractivity contribution in [3.05, 3.63) is 71.2 Å². The number of rotatable bonds is 6. The van der Waals surface area contributed by atoms with Gasteiger partial charge >= 0.3 is 5.97 Å². The molecule has 2 aromatic carbocycles. The molecule has 25 heavy (non-hydrogen) atoms. The predicted octanol–water partition coefficient (Wildman–Crippen LogP) is 3.05. The van der Waals surface area contributed by atoms with Crippen molar-refractivity contribution in [2.45, 2.75) is 13.5 Å². The third-order valence-electron chi connectivity index (χ3n) is 3.24. The van der Waals surface area contributed by atoms with Gasteiger partial charge in [-0.3, -0.25) is 4.79 Å². The van der Waals surface area contributed by atoms with Crippen LogP contribution in [0.1, 0.15) is 18.1 Å². The van der Waals surface area contributed by atoms with Crippen molar-refractivity contribution in [3.8, 4) is 5.75 Å². The average Bonchev–Trinajstić information content (AvgIpc) is 2.59. The molecule has 0 radical (unpaired) electrons. The van der Waals surface area contributed by atoms with Gasteiger partial charge < -0.3 is 14.8 Å². The molecule has 0 saturated heterocycles. The van der Waals surface area contributed by atoms with E-state index >= 15 is 0 Å². The first kappa shape index (κ1) is 18.2. The quantitative estimate of drug-likeness (QED) is 0.647. The molecule has 2 rings (SSSR count). The van der Waals surface area contributed by atoms with Gasteiger partial charge in [0, 0.05) is 12.5 Å². The molecular formula is C19H18FNO4. The highest BCUT2D eigenvalue weighted by Crippen LogP contribution is 2.20. The average molecular weight is 343 g/mol. The molecule has 6 heteroatoms. The van der Waals surface area contributed by atoms with E-state index in [1.807, 2.05) is 6.07 Å². The molecule has 0 aromatic heterocycles. The summed E-state index contributed by atoms with van der Waals surface area (Å²) in [6.07, 6.45) is 1.51. The number of benzene rings is 2. The van der Waals surface area contributed by atoms with Gasteiger partial charge in [-0.15, -0.1) is 0 Å². The molecule has 0 aliphatic heterocycles. The summed E-state index contributed by atoms with van der Waals surface area (Å²) in [6.45, 7) is 1.10. The lowest BCUT2D eigenvalue weighted by atomic mass is 10.2. The molecule has 0 aliphatic rings. The zero-order valence-electron chi connectivity index (χ0n) is 13.9. The van der Waals surface area contributed by atoms with Gasteiger partial charge in [0.1, 0.15) is 23.9 Å². The van der Waals surface area contributed by atoms with E-state index in [4.69, 9.17) is 9.47 Å². The van der Waals surface area contributed by atoms with Crippen LogP contribution in [0.2, 0.25) is 0 Å². The molecule has 1 N–H and O–H groups in total. The smallest absolute Gasteiger partial charge is 0.355 e. The Kier molecular flexibility index (Phi) is 6.28. The Morgan fingerprint density at radius 2 is 1.88 bits per heavy atom. The van der Waals surface area contributed by atoms with Gasteiger partial charge in [0.15, 0.2) is 0 Å². The fourth-order valence-corrected chi connectivity index (χ4v) is 2.13. The fourth-order valence-electron chi connectivity index (χ4n) is 2.13. The van der Waals surface area contributed by atoms with Crippen LogP contribution in [0, 0.1) is 5.82 Å². The van der Waals surface area contributed by atoms with E-state index in [0.717, 1.165) is 5.56 Å². The normalized spacial score (nSPS) is 10.9. The van der Waals surface area contributed by atoms with Crippen molar-refractivity contribution in [1.82, 2.24) is 5.32 Å². The molecule has 0 unspecified atom stereocenters. The van der Waals surface area contributed by atoms with Gasteiger partial charge in [-0.2, -0.15) is 0 Å². The number of esters is 1. The van der Waals surface area contributed by atoms with Crippen LogP contribution in [0.5, 0.6) is 5.75 Å². The number of ether oxygens (including phenoxy) is 2. The molecule has 0 atom stereocenters. The molecule has 0 bridgehead atoms. The van der Waals surface area contributed by atoms with Gasteiger partial charge in [0.2, 0.25) is 5.91 Å². The lowest BCUT2D eigenvalue weighted by Gasteiger charge is -2.11. The molecule has 0 fully saturated rings. The van der Waals surface area contributed by atoms with E-state index in [-0.39, 0.29) is 12.3 Å². The zero-order chi connectivity index (χ0) is 18.2. The second-order valence-corrected chi connectivity index (χ2v) is 5.18. The Bertz CT molecular complexity index is 787. The molecule has 0 spiro atoms. The molecule has 0 aliphatic carbocycles. The van der Waals surface area contributed by atoms with Crippen LogP contribution in [0.3, 0.4) is 0 Å². The van der Waals surface area contributed by atoms with Gasteiger partial charge in [-0.05, 0) is 29.8 Å². The van der Waals surface area contributed by atoms with Crippen LogP contribution < -0.4 is 10.1 Å². The summed E-state index contributed by atoms with van der Waals surface area (Å²) in [5.74, 6) is -1.19. The highest BCUT2D eigenvalue weighted by molar-refractivity contribution is 5.97. The van der Waals surface area contributed by atoms with Crippen LogP contribution >= 0.6 is 0 Å². The van der Waals surface area contributed by atoms with Crippen molar-refractivity contribution in [2.24, 2.45) is 0 Å². The number of nitrogens with one attached hydrogen (secondary N) is 1. The number of carbonyl (C=O) groups is 2. The van der Waals surface area contributed by atoms with E-state index in [1.54, 1.807) is 24.3 Å². The summed E-state index contributed by atoms with van der Waals surface area (Å²) in [6, 6.07) is 12.9. The largest absolute Gasteiger partial charge is 0.496 e. The Morgan fingerprint density at radius 1 is 1.16 bits per heavy atom. The highest BCUT2D eigenvalue weighted by atomic mass is 19.1. The molecule has 0 heterocycles. The van der Waals surface area contributed by atoms with Crippen LogP contribution in [-0.2, 0) is 20.9 Å². The lowest BCUT2D eigenvalue weighted by Crippen LogP contribution is -2.26. The third-order valence-corrected chi connectivity index (χ3v) is 3.24. The summed E-state index contributed by atoms with van der Waals surface area (Å²) in [5.41, 5.74) is 1.11. The van der Waals surface area contributed by atoms with E-state index < -0.39 is 17.7 Å². The SMILES string of the molecule is COc1ccc(F)cc1COC(=O)/C(=C/c1ccccc1)NC(C)=O. The number of hydrogen-bond donors (Lipinski definition) is 1. The number of amides is 1. The molecule has 0 saturated carbocycles. The van der Waals surface area contributed by atoms with Crippen molar-refractivity contribution in [1.29, 1.82) is 0 Å². The number of carbonyl (C=O) groups excluding carboxylic acids is 2. The summed E-state index contributed by atoms with van der Waals surface area (Å²) >= 11 is 0. The maximum absolute atomic E-state index is 13.4. The molecular weight excluding hydrogens is 325 g/mol. The Morgan fingerprint density at radius 3 is 2.52 bits per heavy atom. The predicted molar refractivity (Wildman–Crippen MR) is 91.0 cm³/mol. The highest BCUT2D eigenvalue weighted by Gasteiger charge is 2.15. The molecule has 2 aromatic rings. The minimum Gasteiger partial charge on any atom is -0.496 e. The summed E-state index contributed by atoms with van der Waals surface area (Å²) in [4.78, 5) is 23.6. The summed E-state index contributed by atoms with van der Waals surface area (Å²) in [5, 5.41) is 2.45. The number of methoxy groups -OCH3 is 1. The Labute approximate surface area is 145 Å². The maximum Gasteiger partial charge on any atom is 0.355 e. The minimum absolute atomic E-state index is 0.00549. The summed E-state index contributed by atoms with van der Waals surface area (Å²) < 4.78 is 23.7. The topological polar surface area (TPSA) is 64.6 Å². The van der Waals surface area contributed by atoms with E-state index in [0.29, 0.717) is 11.3 Å². The van der Waals surface area contributed by atoms with Gasteiger partial charge in [-0.25, -0.2) is 9.18 Å². The van der Waals surface area contributed by atoms with E-state index in [9.17, 15) is 14.0 Å². The monoisotopic (exact) mass is 343 g/mol. The number of hydrogen-bond acceptors (Lipinski definition) is 4. The standard InChI is InChI=1S/C19H18FNO4/c1-13(22)21-17(10-14-6-4-3-5-7-14)19(23)25-12-15-11-16(20)8-9-18(15)24-2/h3-11H,12H2,1-2H3,(H,21,22)/b17-10-. The van der Waals surface area contributed by atoms with E-state index in [1.165, 1.54) is 38.3 Å². The van der Waals surface area contributed by atoms with Crippen molar-refractivity contribution in [3.63, 3.8) is 0 Å². The van der Waals surface area contributed by atoms with Crippen LogP contribution in [-0.4, -0.2) is 19.0 Å². The second-order valence-electron chi connectivity index (χ2n) is 5.18. The second kappa shape index (κ2) is 8.63. The maximum atomic E-state index is 13.4. The van der Waals surface area contributed by atoms with Crippen LogP contribution in [0.25, 0.3) is 6.08 Å². The van der Waals surface area contributed by atoms with Gasteiger partial charge in [0.05, 0.1) is 7.11 Å². The first-order valence-electron chi connectivity index (χ1n) is 7.53. The molecule has 5 nitrogen and oxygen atoms in total. The third kappa shape index (κ3) is 5.46. The van der Waals surface area contributed by atoms with Crippen molar-refractivity contribution < 1.29 is 23.5 Å². The first-order valence-corrected chi connectivity index (χ1v) is 7.53. The van der Waals surface area contributed by atoms with Crippen molar-refractivity contribution >= 4 is 18.0 Å². The van der Waals surface area contributed by atoms with Gasteiger partial charge in [0.25, 0.3) is 0 Å².